The Morgan fingerprint density at radius 1 is 1.36 bits per heavy atom. The van der Waals surface area contributed by atoms with Gasteiger partial charge in [0.05, 0.1) is 0 Å². The molecule has 0 aliphatic heterocycles. The number of hydrogen-bond acceptors (Lipinski definition) is 2. The van der Waals surface area contributed by atoms with Crippen molar-refractivity contribution in [1.82, 2.24) is 4.98 Å². The Labute approximate surface area is 85.7 Å². The number of hydrogen-bond donors (Lipinski definition) is 1. The average Bonchev–Trinajstić information content (AvgIpc) is 2.69. The smallest absolute Gasteiger partial charge is 0.126 e. The molecule has 0 aromatic carbocycles. The molecule has 1 fully saturated rings. The number of pyridine rings is 1. The fourth-order valence-corrected chi connectivity index (χ4v) is 2.33. The number of anilines is 1. The summed E-state index contributed by atoms with van der Waals surface area (Å²) < 4.78 is 0. The SMILES string of the molecule is CCC1(Nc2ccccn2)CCCC1. The summed E-state index contributed by atoms with van der Waals surface area (Å²) in [7, 11) is 0. The van der Waals surface area contributed by atoms with Crippen LogP contribution in [0.2, 0.25) is 0 Å². The minimum absolute atomic E-state index is 0.328. The second-order valence-electron chi connectivity index (χ2n) is 4.18. The molecule has 1 N–H and O–H groups in total. The van der Waals surface area contributed by atoms with Crippen LogP contribution < -0.4 is 5.32 Å². The molecule has 1 aromatic heterocycles. The highest BCUT2D eigenvalue weighted by Gasteiger charge is 2.31. The molecule has 0 spiro atoms. The van der Waals surface area contributed by atoms with Crippen LogP contribution in [0.15, 0.2) is 24.4 Å². The van der Waals surface area contributed by atoms with Crippen LogP contribution in [0.1, 0.15) is 39.0 Å². The van der Waals surface area contributed by atoms with E-state index in [1.54, 1.807) is 0 Å². The van der Waals surface area contributed by atoms with Crippen LogP contribution in [0.5, 0.6) is 0 Å². The lowest BCUT2D eigenvalue weighted by Gasteiger charge is -2.29. The van der Waals surface area contributed by atoms with E-state index < -0.39 is 0 Å². The van der Waals surface area contributed by atoms with Gasteiger partial charge >= 0.3 is 0 Å². The molecule has 1 saturated carbocycles. The maximum Gasteiger partial charge on any atom is 0.126 e. The van der Waals surface area contributed by atoms with Crippen LogP contribution in [0.3, 0.4) is 0 Å². The van der Waals surface area contributed by atoms with Gasteiger partial charge < -0.3 is 5.32 Å². The van der Waals surface area contributed by atoms with Gasteiger partial charge in [0, 0.05) is 11.7 Å². The van der Waals surface area contributed by atoms with E-state index in [-0.39, 0.29) is 0 Å². The van der Waals surface area contributed by atoms with E-state index in [0.717, 1.165) is 5.82 Å². The highest BCUT2D eigenvalue weighted by atomic mass is 15.1. The number of aromatic nitrogens is 1. The third-order valence-electron chi connectivity index (χ3n) is 3.30. The quantitative estimate of drug-likeness (QED) is 0.791. The Kier molecular flexibility index (Phi) is 2.71. The predicted octanol–water partition coefficient (Wildman–Crippen LogP) is 3.22. The Hall–Kier alpha value is -1.05. The fraction of sp³-hybridized carbons (Fsp3) is 0.583. The number of nitrogens with zero attached hydrogens (tertiary/aromatic N) is 1. The van der Waals surface area contributed by atoms with Crippen LogP contribution in [-0.2, 0) is 0 Å². The summed E-state index contributed by atoms with van der Waals surface area (Å²) in [6, 6.07) is 6.04. The lowest BCUT2D eigenvalue weighted by atomic mass is 9.94. The molecule has 2 rings (SSSR count). The monoisotopic (exact) mass is 190 g/mol. The van der Waals surface area contributed by atoms with E-state index in [1.807, 2.05) is 18.3 Å². The van der Waals surface area contributed by atoms with E-state index in [1.165, 1.54) is 32.1 Å². The first-order chi connectivity index (χ1) is 6.85. The first-order valence-electron chi connectivity index (χ1n) is 5.54. The third kappa shape index (κ3) is 1.89. The van der Waals surface area contributed by atoms with Crippen molar-refractivity contribution in [2.75, 3.05) is 5.32 Å². The molecule has 2 heteroatoms. The van der Waals surface area contributed by atoms with Crippen molar-refractivity contribution in [3.63, 3.8) is 0 Å². The van der Waals surface area contributed by atoms with Crippen molar-refractivity contribution in [2.24, 2.45) is 0 Å². The van der Waals surface area contributed by atoms with Gasteiger partial charge in [0.15, 0.2) is 0 Å². The zero-order valence-corrected chi connectivity index (χ0v) is 8.79. The van der Waals surface area contributed by atoms with Crippen molar-refractivity contribution in [3.05, 3.63) is 24.4 Å². The molecule has 1 heterocycles. The second kappa shape index (κ2) is 3.99. The van der Waals surface area contributed by atoms with Crippen LogP contribution in [0.25, 0.3) is 0 Å². The predicted molar refractivity (Wildman–Crippen MR) is 59.3 cm³/mol. The topological polar surface area (TPSA) is 24.9 Å². The number of rotatable bonds is 3. The third-order valence-corrected chi connectivity index (χ3v) is 3.30. The van der Waals surface area contributed by atoms with Crippen LogP contribution in [0.4, 0.5) is 5.82 Å². The molecule has 14 heavy (non-hydrogen) atoms. The highest BCUT2D eigenvalue weighted by molar-refractivity contribution is 5.37. The van der Waals surface area contributed by atoms with Crippen LogP contribution in [0, 0.1) is 0 Å². The molecule has 0 atom stereocenters. The minimum Gasteiger partial charge on any atom is -0.365 e. The van der Waals surface area contributed by atoms with Gasteiger partial charge in [-0.15, -0.1) is 0 Å². The van der Waals surface area contributed by atoms with Gasteiger partial charge in [-0.3, -0.25) is 0 Å². The van der Waals surface area contributed by atoms with Gasteiger partial charge in [-0.05, 0) is 31.4 Å². The second-order valence-corrected chi connectivity index (χ2v) is 4.18. The zero-order chi connectivity index (χ0) is 9.86. The molecule has 1 aliphatic carbocycles. The van der Waals surface area contributed by atoms with Gasteiger partial charge in [-0.25, -0.2) is 4.98 Å². The van der Waals surface area contributed by atoms with Gasteiger partial charge in [0.25, 0.3) is 0 Å². The molecule has 0 radical (unpaired) electrons. The van der Waals surface area contributed by atoms with Gasteiger partial charge in [-0.2, -0.15) is 0 Å². The van der Waals surface area contributed by atoms with Crippen molar-refractivity contribution >= 4 is 5.82 Å². The molecular formula is C12H18N2. The molecule has 0 saturated heterocycles. The van der Waals surface area contributed by atoms with E-state index in [4.69, 9.17) is 0 Å². The Morgan fingerprint density at radius 2 is 2.14 bits per heavy atom. The molecule has 1 aliphatic rings. The summed E-state index contributed by atoms with van der Waals surface area (Å²) in [6.07, 6.45) is 8.34. The minimum atomic E-state index is 0.328. The van der Waals surface area contributed by atoms with Gasteiger partial charge in [-0.1, -0.05) is 25.8 Å². The van der Waals surface area contributed by atoms with Crippen molar-refractivity contribution in [3.8, 4) is 0 Å². The maximum atomic E-state index is 4.32. The zero-order valence-electron chi connectivity index (χ0n) is 8.79. The molecule has 0 bridgehead atoms. The van der Waals surface area contributed by atoms with Crippen molar-refractivity contribution in [2.45, 2.75) is 44.6 Å². The van der Waals surface area contributed by atoms with E-state index in [9.17, 15) is 0 Å². The highest BCUT2D eigenvalue weighted by Crippen LogP contribution is 2.34. The van der Waals surface area contributed by atoms with E-state index in [2.05, 4.69) is 23.3 Å². The van der Waals surface area contributed by atoms with Crippen molar-refractivity contribution < 1.29 is 0 Å². The number of nitrogens with one attached hydrogen (secondary N) is 1. The molecule has 76 valence electrons. The van der Waals surface area contributed by atoms with E-state index >= 15 is 0 Å². The lowest BCUT2D eigenvalue weighted by molar-refractivity contribution is 0.463. The molecule has 2 nitrogen and oxygen atoms in total. The Bertz CT molecular complexity index is 276. The molecule has 1 aromatic rings. The van der Waals surface area contributed by atoms with Crippen LogP contribution in [-0.4, -0.2) is 10.5 Å². The molecule has 0 unspecified atom stereocenters. The Morgan fingerprint density at radius 3 is 2.71 bits per heavy atom. The summed E-state index contributed by atoms with van der Waals surface area (Å²) in [4.78, 5) is 4.32. The largest absolute Gasteiger partial charge is 0.365 e. The van der Waals surface area contributed by atoms with Gasteiger partial charge in [0.2, 0.25) is 0 Å². The summed E-state index contributed by atoms with van der Waals surface area (Å²) in [5, 5.41) is 3.59. The Balaban J connectivity index is 2.08. The standard InChI is InChI=1S/C12H18N2/c1-2-12(8-4-5-9-12)14-11-7-3-6-10-13-11/h3,6-7,10H,2,4-5,8-9H2,1H3,(H,13,14). The lowest BCUT2D eigenvalue weighted by Crippen LogP contribution is -2.34. The maximum absolute atomic E-state index is 4.32. The summed E-state index contributed by atoms with van der Waals surface area (Å²) in [6.45, 7) is 2.27. The van der Waals surface area contributed by atoms with Crippen LogP contribution >= 0.6 is 0 Å². The first-order valence-corrected chi connectivity index (χ1v) is 5.54. The van der Waals surface area contributed by atoms with E-state index in [0.29, 0.717) is 5.54 Å². The normalized spacial score (nSPS) is 19.5. The first kappa shape index (κ1) is 9.50. The molecule has 0 amide bonds. The van der Waals surface area contributed by atoms with Crippen molar-refractivity contribution in [1.29, 1.82) is 0 Å². The molecular weight excluding hydrogens is 172 g/mol. The average molecular weight is 190 g/mol. The summed E-state index contributed by atoms with van der Waals surface area (Å²) in [5.41, 5.74) is 0.328. The van der Waals surface area contributed by atoms with Gasteiger partial charge in [0.1, 0.15) is 5.82 Å². The summed E-state index contributed by atoms with van der Waals surface area (Å²) in [5.74, 6) is 1.02. The fourth-order valence-electron chi connectivity index (χ4n) is 2.33. The summed E-state index contributed by atoms with van der Waals surface area (Å²) >= 11 is 0.